The second kappa shape index (κ2) is 5.60. The lowest BCUT2D eigenvalue weighted by atomic mass is 10.2. The van der Waals surface area contributed by atoms with Crippen LogP contribution in [-0.2, 0) is 6.18 Å². The van der Waals surface area contributed by atoms with Crippen molar-refractivity contribution in [1.82, 2.24) is 4.90 Å². The van der Waals surface area contributed by atoms with Crippen LogP contribution in [0.1, 0.15) is 12.5 Å². The van der Waals surface area contributed by atoms with E-state index in [0.717, 1.165) is 6.07 Å². The van der Waals surface area contributed by atoms with E-state index in [1.54, 1.807) is 14.0 Å². The zero-order valence-electron chi connectivity index (χ0n) is 9.81. The van der Waals surface area contributed by atoms with Crippen LogP contribution in [0.2, 0.25) is 0 Å². The molecule has 0 aliphatic rings. The van der Waals surface area contributed by atoms with E-state index in [9.17, 15) is 18.0 Å². The number of anilines is 1. The summed E-state index contributed by atoms with van der Waals surface area (Å²) in [5, 5.41) is 2.40. The molecule has 7 heteroatoms. The lowest BCUT2D eigenvalue weighted by Crippen LogP contribution is -2.31. The Labute approximate surface area is 111 Å². The third kappa shape index (κ3) is 3.63. The number of nitrogens with one attached hydrogen (secondary N) is 1. The fourth-order valence-corrected chi connectivity index (χ4v) is 1.65. The van der Waals surface area contributed by atoms with Crippen LogP contribution in [0.25, 0.3) is 0 Å². The van der Waals surface area contributed by atoms with Gasteiger partial charge in [-0.3, -0.25) is 0 Å². The van der Waals surface area contributed by atoms with Crippen LogP contribution in [0.4, 0.5) is 23.7 Å². The number of benzene rings is 1. The maximum absolute atomic E-state index is 12.6. The standard InChI is InChI=1S/C11H12BrF3N2O/c1-3-17(2)10(18)16-7-4-5-9(12)8(6-7)11(13,14)15/h4-6H,3H2,1-2H3,(H,16,18). The molecule has 0 aromatic heterocycles. The van der Waals surface area contributed by atoms with E-state index in [2.05, 4.69) is 21.2 Å². The van der Waals surface area contributed by atoms with Gasteiger partial charge >= 0.3 is 12.2 Å². The first-order valence-electron chi connectivity index (χ1n) is 5.14. The number of rotatable bonds is 2. The SMILES string of the molecule is CCN(C)C(=O)Nc1ccc(Br)c(C(F)(F)F)c1. The summed E-state index contributed by atoms with van der Waals surface area (Å²) in [5.41, 5.74) is -0.713. The van der Waals surface area contributed by atoms with Crippen LogP contribution in [0, 0.1) is 0 Å². The van der Waals surface area contributed by atoms with Crippen molar-refractivity contribution < 1.29 is 18.0 Å². The smallest absolute Gasteiger partial charge is 0.328 e. The number of halogens is 4. The number of nitrogens with zero attached hydrogens (tertiary/aromatic N) is 1. The van der Waals surface area contributed by atoms with Gasteiger partial charge in [0.05, 0.1) is 5.56 Å². The molecule has 1 N–H and O–H groups in total. The molecule has 0 bridgehead atoms. The summed E-state index contributed by atoms with van der Waals surface area (Å²) in [7, 11) is 1.55. The molecule has 3 nitrogen and oxygen atoms in total. The van der Waals surface area contributed by atoms with Crippen molar-refractivity contribution in [3.05, 3.63) is 28.2 Å². The zero-order chi connectivity index (χ0) is 13.9. The van der Waals surface area contributed by atoms with Crippen molar-refractivity contribution in [1.29, 1.82) is 0 Å². The third-order valence-corrected chi connectivity index (χ3v) is 3.04. The van der Waals surface area contributed by atoms with Gasteiger partial charge in [0.2, 0.25) is 0 Å². The number of carbonyl (C=O) groups excluding carboxylic acids is 1. The summed E-state index contributed by atoms with van der Waals surface area (Å²) in [6, 6.07) is 3.10. The van der Waals surface area contributed by atoms with Crippen molar-refractivity contribution in [2.45, 2.75) is 13.1 Å². The van der Waals surface area contributed by atoms with Gasteiger partial charge < -0.3 is 10.2 Å². The molecule has 0 spiro atoms. The summed E-state index contributed by atoms with van der Waals surface area (Å²) in [6.07, 6.45) is -4.46. The predicted octanol–water partition coefficient (Wildman–Crippen LogP) is 3.95. The van der Waals surface area contributed by atoms with E-state index in [-0.39, 0.29) is 10.2 Å². The third-order valence-electron chi connectivity index (χ3n) is 2.34. The number of alkyl halides is 3. The first kappa shape index (κ1) is 14.8. The molecular formula is C11H12BrF3N2O. The van der Waals surface area contributed by atoms with Crippen LogP contribution in [-0.4, -0.2) is 24.5 Å². The molecule has 0 aliphatic carbocycles. The Morgan fingerprint density at radius 1 is 1.44 bits per heavy atom. The average Bonchev–Trinajstić information content (AvgIpc) is 2.29. The first-order chi connectivity index (χ1) is 8.25. The molecule has 0 atom stereocenters. The van der Waals surface area contributed by atoms with E-state index in [1.807, 2.05) is 0 Å². The van der Waals surface area contributed by atoms with Crippen LogP contribution < -0.4 is 5.32 Å². The summed E-state index contributed by atoms with van der Waals surface area (Å²) < 4.78 is 37.9. The van der Waals surface area contributed by atoms with Crippen LogP contribution in [0.3, 0.4) is 0 Å². The number of hydrogen-bond acceptors (Lipinski definition) is 1. The number of hydrogen-bond donors (Lipinski definition) is 1. The summed E-state index contributed by atoms with van der Waals surface area (Å²) >= 11 is 2.83. The quantitative estimate of drug-likeness (QED) is 0.877. The first-order valence-corrected chi connectivity index (χ1v) is 5.94. The van der Waals surface area contributed by atoms with E-state index < -0.39 is 17.8 Å². The Kier molecular flexibility index (Phi) is 4.61. The second-order valence-electron chi connectivity index (χ2n) is 3.64. The maximum atomic E-state index is 12.6. The number of carbonyl (C=O) groups is 1. The van der Waals surface area contributed by atoms with E-state index in [4.69, 9.17) is 0 Å². The topological polar surface area (TPSA) is 32.3 Å². The van der Waals surface area contributed by atoms with Gasteiger partial charge in [-0.2, -0.15) is 13.2 Å². The zero-order valence-corrected chi connectivity index (χ0v) is 11.4. The van der Waals surface area contributed by atoms with Crippen molar-refractivity contribution in [3.63, 3.8) is 0 Å². The van der Waals surface area contributed by atoms with Crippen molar-refractivity contribution in [3.8, 4) is 0 Å². The Bertz CT molecular complexity index is 448. The van der Waals surface area contributed by atoms with Gasteiger partial charge in [0.1, 0.15) is 0 Å². The molecule has 100 valence electrons. The van der Waals surface area contributed by atoms with Crippen molar-refractivity contribution in [2.24, 2.45) is 0 Å². The second-order valence-corrected chi connectivity index (χ2v) is 4.49. The highest BCUT2D eigenvalue weighted by atomic mass is 79.9. The molecule has 0 fully saturated rings. The molecule has 1 aromatic carbocycles. The maximum Gasteiger partial charge on any atom is 0.417 e. The lowest BCUT2D eigenvalue weighted by Gasteiger charge is -2.17. The molecule has 0 radical (unpaired) electrons. The minimum atomic E-state index is -4.46. The Hall–Kier alpha value is -1.24. The number of amides is 2. The summed E-state index contributed by atoms with van der Waals surface area (Å²) in [4.78, 5) is 12.9. The molecule has 0 aliphatic heterocycles. The van der Waals surface area contributed by atoms with Gasteiger partial charge in [0, 0.05) is 23.8 Å². The normalized spacial score (nSPS) is 11.2. The minimum Gasteiger partial charge on any atom is -0.328 e. The molecule has 1 rings (SSSR count). The molecule has 0 unspecified atom stereocenters. The Morgan fingerprint density at radius 3 is 2.56 bits per heavy atom. The van der Waals surface area contributed by atoms with E-state index in [1.165, 1.54) is 17.0 Å². The summed E-state index contributed by atoms with van der Waals surface area (Å²) in [5.74, 6) is 0. The summed E-state index contributed by atoms with van der Waals surface area (Å²) in [6.45, 7) is 2.23. The van der Waals surface area contributed by atoms with Gasteiger partial charge in [-0.15, -0.1) is 0 Å². The predicted molar refractivity (Wildman–Crippen MR) is 66.5 cm³/mol. The van der Waals surface area contributed by atoms with Crippen LogP contribution in [0.5, 0.6) is 0 Å². The molecule has 0 saturated carbocycles. The molecule has 0 heterocycles. The molecule has 0 saturated heterocycles. The highest BCUT2D eigenvalue weighted by Crippen LogP contribution is 2.36. The molecule has 2 amide bonds. The molecule has 1 aromatic rings. The van der Waals surface area contributed by atoms with Gasteiger partial charge in [0.15, 0.2) is 0 Å². The highest BCUT2D eigenvalue weighted by Gasteiger charge is 2.33. The Balaban J connectivity index is 2.96. The van der Waals surface area contributed by atoms with E-state index in [0.29, 0.717) is 6.54 Å². The van der Waals surface area contributed by atoms with Gasteiger partial charge in [-0.05, 0) is 25.1 Å². The monoisotopic (exact) mass is 324 g/mol. The van der Waals surface area contributed by atoms with E-state index >= 15 is 0 Å². The van der Waals surface area contributed by atoms with Gasteiger partial charge in [-0.1, -0.05) is 15.9 Å². The Morgan fingerprint density at radius 2 is 2.06 bits per heavy atom. The highest BCUT2D eigenvalue weighted by molar-refractivity contribution is 9.10. The minimum absolute atomic E-state index is 0.0585. The molecular weight excluding hydrogens is 313 g/mol. The number of urea groups is 1. The van der Waals surface area contributed by atoms with Crippen LogP contribution >= 0.6 is 15.9 Å². The fraction of sp³-hybridized carbons (Fsp3) is 0.364. The fourth-order valence-electron chi connectivity index (χ4n) is 1.18. The van der Waals surface area contributed by atoms with Crippen molar-refractivity contribution >= 4 is 27.6 Å². The largest absolute Gasteiger partial charge is 0.417 e. The van der Waals surface area contributed by atoms with Crippen molar-refractivity contribution in [2.75, 3.05) is 18.9 Å². The lowest BCUT2D eigenvalue weighted by molar-refractivity contribution is -0.138. The van der Waals surface area contributed by atoms with Gasteiger partial charge in [0.25, 0.3) is 0 Å². The molecule has 18 heavy (non-hydrogen) atoms. The average molecular weight is 325 g/mol. The van der Waals surface area contributed by atoms with Gasteiger partial charge in [-0.25, -0.2) is 4.79 Å². The van der Waals surface area contributed by atoms with Crippen LogP contribution in [0.15, 0.2) is 22.7 Å².